The van der Waals surface area contributed by atoms with Crippen molar-refractivity contribution in [1.29, 1.82) is 0 Å². The molecule has 0 bridgehead atoms. The lowest BCUT2D eigenvalue weighted by Crippen LogP contribution is -2.44. The van der Waals surface area contributed by atoms with Gasteiger partial charge in [-0.2, -0.15) is 0 Å². The molecule has 0 aromatic carbocycles. The average Bonchev–Trinajstić information content (AvgIpc) is 3.11. The van der Waals surface area contributed by atoms with Crippen molar-refractivity contribution >= 4 is 5.91 Å². The lowest BCUT2D eigenvalue weighted by Gasteiger charge is -2.17. The number of aryl methyl sites for hydroxylation is 1. The van der Waals surface area contributed by atoms with Crippen LogP contribution in [0.3, 0.4) is 0 Å². The molecule has 2 unspecified atom stereocenters. The summed E-state index contributed by atoms with van der Waals surface area (Å²) in [6.45, 7) is 6.40. The summed E-state index contributed by atoms with van der Waals surface area (Å²) in [6, 6.07) is 0.103. The number of hydrogen-bond acceptors (Lipinski definition) is 5. The van der Waals surface area contributed by atoms with Crippen molar-refractivity contribution in [2.24, 2.45) is 5.92 Å². The van der Waals surface area contributed by atoms with Gasteiger partial charge in [0.05, 0.1) is 31.9 Å². The summed E-state index contributed by atoms with van der Waals surface area (Å²) in [7, 11) is 0. The molecule has 1 aliphatic heterocycles. The van der Waals surface area contributed by atoms with Crippen LogP contribution < -0.4 is 10.6 Å². The molecule has 1 aromatic rings. The smallest absolute Gasteiger partial charge is 0.227 e. The summed E-state index contributed by atoms with van der Waals surface area (Å²) in [5.41, 5.74) is 0. The normalized spacial score (nSPS) is 22.1. The minimum atomic E-state index is -0.137. The molecule has 2 heterocycles. The highest BCUT2D eigenvalue weighted by atomic mass is 16.5. The van der Waals surface area contributed by atoms with Gasteiger partial charge in [0.15, 0.2) is 0 Å². The summed E-state index contributed by atoms with van der Waals surface area (Å²) >= 11 is 0. The van der Waals surface area contributed by atoms with Crippen molar-refractivity contribution < 1.29 is 13.9 Å². The fraction of sp³-hybridized carbons (Fsp3) is 0.714. The minimum absolute atomic E-state index is 0.00708. The van der Waals surface area contributed by atoms with Crippen LogP contribution in [0.5, 0.6) is 0 Å². The van der Waals surface area contributed by atoms with E-state index in [9.17, 15) is 4.79 Å². The van der Waals surface area contributed by atoms with Crippen molar-refractivity contribution in [3.63, 3.8) is 0 Å². The molecular weight excluding hydrogens is 258 g/mol. The summed E-state index contributed by atoms with van der Waals surface area (Å²) in [6.07, 6.45) is 3.55. The molecule has 112 valence electrons. The van der Waals surface area contributed by atoms with Gasteiger partial charge in [-0.25, -0.2) is 4.98 Å². The second-order valence-corrected chi connectivity index (χ2v) is 5.00. The first-order chi connectivity index (χ1) is 9.74. The van der Waals surface area contributed by atoms with E-state index >= 15 is 0 Å². The molecule has 1 fully saturated rings. The predicted octanol–water partition coefficient (Wildman–Crippen LogP) is 0.868. The Morgan fingerprint density at radius 3 is 3.00 bits per heavy atom. The third kappa shape index (κ3) is 3.80. The molecule has 1 saturated heterocycles. The topological polar surface area (TPSA) is 76.4 Å². The van der Waals surface area contributed by atoms with Crippen LogP contribution in [0.4, 0.5) is 0 Å². The van der Waals surface area contributed by atoms with Crippen LogP contribution in [0.25, 0.3) is 0 Å². The molecule has 20 heavy (non-hydrogen) atoms. The van der Waals surface area contributed by atoms with E-state index in [1.807, 2.05) is 6.92 Å². The minimum Gasteiger partial charge on any atom is -0.444 e. The quantitative estimate of drug-likeness (QED) is 0.775. The zero-order valence-electron chi connectivity index (χ0n) is 12.1. The number of nitrogens with zero attached hydrogens (tertiary/aromatic N) is 1. The van der Waals surface area contributed by atoms with Gasteiger partial charge in [-0.15, -0.1) is 0 Å². The van der Waals surface area contributed by atoms with Crippen LogP contribution in [-0.2, 0) is 22.5 Å². The van der Waals surface area contributed by atoms with Gasteiger partial charge in [-0.3, -0.25) is 4.79 Å². The van der Waals surface area contributed by atoms with Crippen LogP contribution in [0.2, 0.25) is 0 Å². The summed E-state index contributed by atoms with van der Waals surface area (Å²) in [5, 5.41) is 6.22. The highest BCUT2D eigenvalue weighted by Crippen LogP contribution is 2.14. The van der Waals surface area contributed by atoms with Gasteiger partial charge in [-0.05, 0) is 13.0 Å². The van der Waals surface area contributed by atoms with E-state index in [1.54, 1.807) is 6.20 Å². The Kier molecular flexibility index (Phi) is 5.55. The third-order valence-corrected chi connectivity index (χ3v) is 3.44. The third-order valence-electron chi connectivity index (χ3n) is 3.44. The molecule has 0 spiro atoms. The number of rotatable bonds is 7. The first-order valence-electron chi connectivity index (χ1n) is 7.27. The second-order valence-electron chi connectivity index (χ2n) is 5.00. The lowest BCUT2D eigenvalue weighted by molar-refractivity contribution is -0.125. The maximum absolute atomic E-state index is 12.2. The Bertz CT molecular complexity index is 433. The number of amides is 1. The lowest BCUT2D eigenvalue weighted by atomic mass is 10.0. The van der Waals surface area contributed by atoms with Crippen molar-refractivity contribution in [1.82, 2.24) is 15.6 Å². The second kappa shape index (κ2) is 7.40. The van der Waals surface area contributed by atoms with Gasteiger partial charge < -0.3 is 19.8 Å². The number of carbonyl (C=O) groups is 1. The summed E-state index contributed by atoms with van der Waals surface area (Å²) in [5.74, 6) is 1.24. The number of aromatic nitrogens is 1. The Hall–Kier alpha value is -1.40. The van der Waals surface area contributed by atoms with E-state index in [-0.39, 0.29) is 17.9 Å². The standard InChI is InChI=1S/C14H23N3O3/c1-3-5-15-12-9-19-8-11(12)14(18)17-7-13-16-6-10(4-2)20-13/h6,11-12,15H,3-5,7-9H2,1-2H3,(H,17,18). The predicted molar refractivity (Wildman–Crippen MR) is 74.1 cm³/mol. The molecule has 0 radical (unpaired) electrons. The molecule has 2 atom stereocenters. The molecule has 2 rings (SSSR count). The molecule has 6 heteroatoms. The molecule has 0 aliphatic carbocycles. The SMILES string of the molecule is CCCNC1COCC1C(=O)NCc1ncc(CC)o1. The summed E-state index contributed by atoms with van der Waals surface area (Å²) < 4.78 is 10.9. The molecule has 1 aromatic heterocycles. The highest BCUT2D eigenvalue weighted by molar-refractivity contribution is 5.79. The number of carbonyl (C=O) groups excluding carboxylic acids is 1. The van der Waals surface area contributed by atoms with Crippen molar-refractivity contribution in [2.45, 2.75) is 39.3 Å². The first-order valence-corrected chi connectivity index (χ1v) is 7.27. The van der Waals surface area contributed by atoms with Gasteiger partial charge in [0.2, 0.25) is 11.8 Å². The molecule has 2 N–H and O–H groups in total. The van der Waals surface area contributed by atoms with Crippen LogP contribution in [0, 0.1) is 5.92 Å². The largest absolute Gasteiger partial charge is 0.444 e. The van der Waals surface area contributed by atoms with Crippen LogP contribution in [0.15, 0.2) is 10.6 Å². The van der Waals surface area contributed by atoms with E-state index in [1.165, 1.54) is 0 Å². The number of hydrogen-bond donors (Lipinski definition) is 2. The molecular formula is C14H23N3O3. The number of ether oxygens (including phenoxy) is 1. The molecule has 1 aliphatic rings. The Morgan fingerprint density at radius 1 is 1.45 bits per heavy atom. The van der Waals surface area contributed by atoms with E-state index in [0.717, 1.165) is 25.1 Å². The fourth-order valence-corrected chi connectivity index (χ4v) is 2.23. The van der Waals surface area contributed by atoms with Gasteiger partial charge in [-0.1, -0.05) is 13.8 Å². The van der Waals surface area contributed by atoms with Gasteiger partial charge in [0.25, 0.3) is 0 Å². The molecule has 6 nitrogen and oxygen atoms in total. The zero-order valence-corrected chi connectivity index (χ0v) is 12.1. The van der Waals surface area contributed by atoms with Crippen molar-refractivity contribution in [3.05, 3.63) is 17.8 Å². The van der Waals surface area contributed by atoms with Crippen LogP contribution >= 0.6 is 0 Å². The van der Waals surface area contributed by atoms with Crippen molar-refractivity contribution in [3.8, 4) is 0 Å². The maximum atomic E-state index is 12.2. The van der Waals surface area contributed by atoms with E-state index in [4.69, 9.17) is 9.15 Å². The van der Waals surface area contributed by atoms with Gasteiger partial charge in [0, 0.05) is 12.5 Å². The maximum Gasteiger partial charge on any atom is 0.227 e. The van der Waals surface area contributed by atoms with E-state index < -0.39 is 0 Å². The average molecular weight is 281 g/mol. The van der Waals surface area contributed by atoms with Crippen molar-refractivity contribution in [2.75, 3.05) is 19.8 Å². The van der Waals surface area contributed by atoms with Gasteiger partial charge in [0.1, 0.15) is 5.76 Å². The Morgan fingerprint density at radius 2 is 2.30 bits per heavy atom. The van der Waals surface area contributed by atoms with Crippen LogP contribution in [-0.4, -0.2) is 36.7 Å². The Labute approximate surface area is 119 Å². The highest BCUT2D eigenvalue weighted by Gasteiger charge is 2.33. The molecule has 0 saturated carbocycles. The first kappa shape index (κ1) is 15.0. The number of nitrogens with one attached hydrogen (secondary N) is 2. The van der Waals surface area contributed by atoms with Crippen LogP contribution in [0.1, 0.15) is 31.9 Å². The van der Waals surface area contributed by atoms with E-state index in [0.29, 0.717) is 25.6 Å². The summed E-state index contributed by atoms with van der Waals surface area (Å²) in [4.78, 5) is 16.3. The van der Waals surface area contributed by atoms with Gasteiger partial charge >= 0.3 is 0 Å². The molecule has 1 amide bonds. The Balaban J connectivity index is 1.81. The van der Waals surface area contributed by atoms with E-state index in [2.05, 4.69) is 22.5 Å². The monoisotopic (exact) mass is 281 g/mol. The number of oxazole rings is 1. The fourth-order valence-electron chi connectivity index (χ4n) is 2.23. The zero-order chi connectivity index (χ0) is 14.4.